The lowest BCUT2D eigenvalue weighted by Crippen LogP contribution is -2.21. The molecule has 1 atom stereocenters. The molecule has 0 saturated heterocycles. The first kappa shape index (κ1) is 14.5. The van der Waals surface area contributed by atoms with E-state index in [2.05, 4.69) is 13.0 Å². The van der Waals surface area contributed by atoms with Gasteiger partial charge in [-0.15, -0.1) is 0 Å². The van der Waals surface area contributed by atoms with Gasteiger partial charge in [0.1, 0.15) is 5.76 Å². The molecule has 1 aromatic heterocycles. The summed E-state index contributed by atoms with van der Waals surface area (Å²) in [5, 5.41) is 0.748. The maximum atomic E-state index is 6.10. The van der Waals surface area contributed by atoms with Crippen LogP contribution in [0.2, 0.25) is 5.02 Å². The van der Waals surface area contributed by atoms with Crippen molar-refractivity contribution in [1.29, 1.82) is 0 Å². The molecule has 2 nitrogen and oxygen atoms in total. The van der Waals surface area contributed by atoms with Crippen molar-refractivity contribution in [2.45, 2.75) is 42.5 Å². The van der Waals surface area contributed by atoms with Gasteiger partial charge in [0.25, 0.3) is 0 Å². The summed E-state index contributed by atoms with van der Waals surface area (Å²) in [5.74, 6) is 0.927. The Balaban J connectivity index is 2.27. The summed E-state index contributed by atoms with van der Waals surface area (Å²) >= 11 is 7.78. The molecule has 2 aromatic rings. The molecular weight excluding hydrogens is 278 g/mol. The standard InChI is InChI=1S/C15H18ClNOS/c1-3-13(17)8-11-4-5-12(16)9-15(11)19-14-6-7-18-10(14)2/h4-7,9,13H,3,8,17H2,1-2H3. The number of halogens is 1. The van der Waals surface area contributed by atoms with Crippen LogP contribution in [0.5, 0.6) is 0 Å². The molecule has 1 aromatic carbocycles. The minimum Gasteiger partial charge on any atom is -0.468 e. The second-order valence-corrected chi connectivity index (χ2v) is 6.09. The van der Waals surface area contributed by atoms with Gasteiger partial charge in [-0.2, -0.15) is 0 Å². The van der Waals surface area contributed by atoms with Crippen molar-refractivity contribution >= 4 is 23.4 Å². The third-order valence-electron chi connectivity index (χ3n) is 3.07. The fourth-order valence-corrected chi connectivity index (χ4v) is 3.07. The van der Waals surface area contributed by atoms with Gasteiger partial charge in [0.2, 0.25) is 0 Å². The van der Waals surface area contributed by atoms with Crippen molar-refractivity contribution in [1.82, 2.24) is 0 Å². The van der Waals surface area contributed by atoms with E-state index in [0.29, 0.717) is 0 Å². The van der Waals surface area contributed by atoms with E-state index in [1.54, 1.807) is 18.0 Å². The van der Waals surface area contributed by atoms with Crippen molar-refractivity contribution < 1.29 is 4.42 Å². The van der Waals surface area contributed by atoms with E-state index in [4.69, 9.17) is 21.8 Å². The number of hydrogen-bond acceptors (Lipinski definition) is 3. The van der Waals surface area contributed by atoms with Crippen molar-refractivity contribution in [3.05, 3.63) is 46.9 Å². The van der Waals surface area contributed by atoms with E-state index in [-0.39, 0.29) is 6.04 Å². The summed E-state index contributed by atoms with van der Waals surface area (Å²) in [6.45, 7) is 4.07. The van der Waals surface area contributed by atoms with Crippen LogP contribution in [0, 0.1) is 6.92 Å². The van der Waals surface area contributed by atoms with Crippen LogP contribution in [-0.2, 0) is 6.42 Å². The predicted octanol–water partition coefficient (Wildman–Crippen LogP) is 4.67. The fourth-order valence-electron chi connectivity index (χ4n) is 1.82. The topological polar surface area (TPSA) is 39.2 Å². The molecule has 0 saturated carbocycles. The summed E-state index contributed by atoms with van der Waals surface area (Å²) in [6, 6.07) is 8.15. The Morgan fingerprint density at radius 1 is 1.32 bits per heavy atom. The van der Waals surface area contributed by atoms with E-state index < -0.39 is 0 Å². The average Bonchev–Trinajstić information content (AvgIpc) is 2.78. The molecular formula is C15H18ClNOS. The summed E-state index contributed by atoms with van der Waals surface area (Å²) in [7, 11) is 0. The summed E-state index contributed by atoms with van der Waals surface area (Å²) in [5.41, 5.74) is 7.29. The highest BCUT2D eigenvalue weighted by Gasteiger charge is 2.11. The Morgan fingerprint density at radius 3 is 2.74 bits per heavy atom. The van der Waals surface area contributed by atoms with E-state index in [1.807, 2.05) is 25.1 Å². The maximum absolute atomic E-state index is 6.10. The number of rotatable bonds is 5. The van der Waals surface area contributed by atoms with Crippen LogP contribution >= 0.6 is 23.4 Å². The van der Waals surface area contributed by atoms with Gasteiger partial charge in [-0.25, -0.2) is 0 Å². The van der Waals surface area contributed by atoms with Crippen molar-refractivity contribution in [2.24, 2.45) is 5.73 Å². The van der Waals surface area contributed by atoms with Crippen molar-refractivity contribution in [3.8, 4) is 0 Å². The molecule has 0 radical (unpaired) electrons. The number of furan rings is 1. The third-order valence-corrected chi connectivity index (χ3v) is 4.55. The zero-order chi connectivity index (χ0) is 13.8. The maximum Gasteiger partial charge on any atom is 0.114 e. The summed E-state index contributed by atoms with van der Waals surface area (Å²) < 4.78 is 5.33. The highest BCUT2D eigenvalue weighted by atomic mass is 35.5. The van der Waals surface area contributed by atoms with Crippen LogP contribution in [0.15, 0.2) is 44.7 Å². The molecule has 0 aliphatic carbocycles. The van der Waals surface area contributed by atoms with E-state index in [1.165, 1.54) is 5.56 Å². The molecule has 0 fully saturated rings. The third kappa shape index (κ3) is 3.78. The first-order valence-corrected chi connectivity index (χ1v) is 7.55. The highest BCUT2D eigenvalue weighted by molar-refractivity contribution is 7.99. The van der Waals surface area contributed by atoms with Crippen LogP contribution in [0.25, 0.3) is 0 Å². The van der Waals surface area contributed by atoms with Crippen LogP contribution in [-0.4, -0.2) is 6.04 Å². The van der Waals surface area contributed by atoms with Gasteiger partial charge >= 0.3 is 0 Å². The summed E-state index contributed by atoms with van der Waals surface area (Å²) in [4.78, 5) is 2.27. The van der Waals surface area contributed by atoms with Gasteiger partial charge in [0.05, 0.1) is 11.2 Å². The Bertz CT molecular complexity index is 553. The molecule has 0 spiro atoms. The predicted molar refractivity (Wildman–Crippen MR) is 81.0 cm³/mol. The molecule has 4 heteroatoms. The zero-order valence-corrected chi connectivity index (χ0v) is 12.7. The summed E-state index contributed by atoms with van der Waals surface area (Å²) in [6.07, 6.45) is 3.55. The van der Waals surface area contributed by atoms with E-state index in [0.717, 1.165) is 33.4 Å². The first-order chi connectivity index (χ1) is 9.10. The fraction of sp³-hybridized carbons (Fsp3) is 0.333. The molecule has 0 amide bonds. The van der Waals surface area contributed by atoms with Gasteiger partial charge in [-0.05, 0) is 43.5 Å². The van der Waals surface area contributed by atoms with Crippen LogP contribution in [0.3, 0.4) is 0 Å². The molecule has 0 aliphatic rings. The molecule has 0 bridgehead atoms. The van der Waals surface area contributed by atoms with E-state index >= 15 is 0 Å². The normalized spacial score (nSPS) is 12.6. The quantitative estimate of drug-likeness (QED) is 0.871. The highest BCUT2D eigenvalue weighted by Crippen LogP contribution is 2.35. The average molecular weight is 296 g/mol. The molecule has 1 unspecified atom stereocenters. The molecule has 2 rings (SSSR count). The number of benzene rings is 1. The Morgan fingerprint density at radius 2 is 2.11 bits per heavy atom. The Kier molecular flexibility index (Phi) is 4.97. The van der Waals surface area contributed by atoms with Gasteiger partial charge in [0, 0.05) is 16.0 Å². The minimum atomic E-state index is 0.186. The van der Waals surface area contributed by atoms with Gasteiger partial charge in [-0.3, -0.25) is 0 Å². The molecule has 1 heterocycles. The minimum absolute atomic E-state index is 0.186. The Labute approximate surface area is 123 Å². The SMILES string of the molecule is CCC(N)Cc1ccc(Cl)cc1Sc1ccoc1C. The Hall–Kier alpha value is -0.900. The second kappa shape index (κ2) is 6.51. The van der Waals surface area contributed by atoms with E-state index in [9.17, 15) is 0 Å². The number of nitrogens with two attached hydrogens (primary N) is 1. The monoisotopic (exact) mass is 295 g/mol. The number of aryl methyl sites for hydroxylation is 1. The smallest absolute Gasteiger partial charge is 0.114 e. The second-order valence-electron chi connectivity index (χ2n) is 4.57. The largest absolute Gasteiger partial charge is 0.468 e. The molecule has 2 N–H and O–H groups in total. The molecule has 102 valence electrons. The molecule has 0 aliphatic heterocycles. The van der Waals surface area contributed by atoms with Crippen molar-refractivity contribution in [3.63, 3.8) is 0 Å². The van der Waals surface area contributed by atoms with Crippen molar-refractivity contribution in [2.75, 3.05) is 0 Å². The van der Waals surface area contributed by atoms with Gasteiger partial charge < -0.3 is 10.2 Å². The lowest BCUT2D eigenvalue weighted by atomic mass is 10.1. The van der Waals surface area contributed by atoms with Gasteiger partial charge in [-0.1, -0.05) is 36.4 Å². The number of hydrogen-bond donors (Lipinski definition) is 1. The lowest BCUT2D eigenvalue weighted by molar-refractivity contribution is 0.527. The molecule has 19 heavy (non-hydrogen) atoms. The van der Waals surface area contributed by atoms with Crippen LogP contribution in [0.4, 0.5) is 0 Å². The first-order valence-electron chi connectivity index (χ1n) is 6.36. The zero-order valence-electron chi connectivity index (χ0n) is 11.2. The van der Waals surface area contributed by atoms with Crippen LogP contribution in [0.1, 0.15) is 24.7 Å². The van der Waals surface area contributed by atoms with Gasteiger partial charge in [0.15, 0.2) is 0 Å². The van der Waals surface area contributed by atoms with Crippen LogP contribution < -0.4 is 5.73 Å². The lowest BCUT2D eigenvalue weighted by Gasteiger charge is -2.13.